The van der Waals surface area contributed by atoms with Crippen LogP contribution in [-0.2, 0) is 0 Å². The van der Waals surface area contributed by atoms with Gasteiger partial charge in [0.1, 0.15) is 0 Å². The Balaban J connectivity index is 3.02. The van der Waals surface area contributed by atoms with Crippen LogP contribution in [0.1, 0.15) is 18.6 Å². The minimum absolute atomic E-state index is 0.404. The zero-order valence-electron chi connectivity index (χ0n) is 6.83. The molecule has 2 N–H and O–H groups in total. The third-order valence-corrected chi connectivity index (χ3v) is 1.68. The van der Waals surface area contributed by atoms with Crippen molar-refractivity contribution in [1.82, 2.24) is 0 Å². The van der Waals surface area contributed by atoms with Crippen molar-refractivity contribution in [2.45, 2.75) is 13.0 Å². The monoisotopic (exact) mass is 151 g/mol. The standard InChI is InChI=1S/C9H13NO/c1-7(11)8-5-3-4-6-9(8)10-2/h3-7,10-11H,1-2H3/t7-/m0/s1. The molecule has 2 nitrogen and oxygen atoms in total. The second kappa shape index (κ2) is 3.39. The van der Waals surface area contributed by atoms with Crippen molar-refractivity contribution in [3.63, 3.8) is 0 Å². The van der Waals surface area contributed by atoms with E-state index in [0.29, 0.717) is 0 Å². The van der Waals surface area contributed by atoms with Crippen molar-refractivity contribution >= 4 is 5.69 Å². The molecule has 0 fully saturated rings. The predicted molar refractivity (Wildman–Crippen MR) is 46.6 cm³/mol. The molecular formula is C9H13NO. The van der Waals surface area contributed by atoms with E-state index in [9.17, 15) is 5.11 Å². The molecule has 0 aliphatic heterocycles. The summed E-state index contributed by atoms with van der Waals surface area (Å²) in [6.07, 6.45) is -0.404. The van der Waals surface area contributed by atoms with Crippen molar-refractivity contribution in [2.75, 3.05) is 12.4 Å². The number of rotatable bonds is 2. The molecule has 0 spiro atoms. The van der Waals surface area contributed by atoms with Crippen LogP contribution in [0.2, 0.25) is 0 Å². The lowest BCUT2D eigenvalue weighted by atomic mass is 10.1. The molecule has 1 rings (SSSR count). The van der Waals surface area contributed by atoms with Gasteiger partial charge in [-0.3, -0.25) is 0 Å². The van der Waals surface area contributed by atoms with E-state index in [1.165, 1.54) is 0 Å². The van der Waals surface area contributed by atoms with Crippen molar-refractivity contribution in [3.05, 3.63) is 29.8 Å². The van der Waals surface area contributed by atoms with Gasteiger partial charge in [-0.2, -0.15) is 0 Å². The Hall–Kier alpha value is -1.02. The number of aliphatic hydroxyl groups is 1. The van der Waals surface area contributed by atoms with Gasteiger partial charge < -0.3 is 10.4 Å². The molecule has 11 heavy (non-hydrogen) atoms. The molecule has 0 unspecified atom stereocenters. The molecule has 1 aromatic carbocycles. The Morgan fingerprint density at radius 3 is 2.45 bits per heavy atom. The number of hydrogen-bond acceptors (Lipinski definition) is 2. The third-order valence-electron chi connectivity index (χ3n) is 1.68. The second-order valence-electron chi connectivity index (χ2n) is 2.51. The van der Waals surface area contributed by atoms with Gasteiger partial charge in [-0.25, -0.2) is 0 Å². The first-order valence-corrected chi connectivity index (χ1v) is 3.70. The summed E-state index contributed by atoms with van der Waals surface area (Å²) in [4.78, 5) is 0. The summed E-state index contributed by atoms with van der Waals surface area (Å²) in [6.45, 7) is 1.76. The van der Waals surface area contributed by atoms with Crippen LogP contribution < -0.4 is 5.32 Å². The maximum absolute atomic E-state index is 9.30. The molecule has 0 saturated carbocycles. The van der Waals surface area contributed by atoms with E-state index in [-0.39, 0.29) is 0 Å². The summed E-state index contributed by atoms with van der Waals surface area (Å²) < 4.78 is 0. The molecular weight excluding hydrogens is 138 g/mol. The maximum atomic E-state index is 9.30. The summed E-state index contributed by atoms with van der Waals surface area (Å²) >= 11 is 0. The van der Waals surface area contributed by atoms with Gasteiger partial charge in [0.25, 0.3) is 0 Å². The average molecular weight is 151 g/mol. The molecule has 2 heteroatoms. The summed E-state index contributed by atoms with van der Waals surface area (Å²) in [5.74, 6) is 0. The van der Waals surface area contributed by atoms with Crippen LogP contribution in [0.4, 0.5) is 5.69 Å². The molecule has 0 bridgehead atoms. The molecule has 1 atom stereocenters. The van der Waals surface area contributed by atoms with Gasteiger partial charge in [0.15, 0.2) is 0 Å². The first kappa shape index (κ1) is 8.08. The lowest BCUT2D eigenvalue weighted by Gasteiger charge is -2.10. The Kier molecular flexibility index (Phi) is 2.49. The number of nitrogens with one attached hydrogen (secondary N) is 1. The lowest BCUT2D eigenvalue weighted by Crippen LogP contribution is -1.97. The van der Waals surface area contributed by atoms with Gasteiger partial charge in [-0.05, 0) is 13.0 Å². The Bertz CT molecular complexity index is 233. The summed E-state index contributed by atoms with van der Waals surface area (Å²) in [5, 5.41) is 12.3. The molecule has 0 aliphatic carbocycles. The fraction of sp³-hybridized carbons (Fsp3) is 0.333. The predicted octanol–water partition coefficient (Wildman–Crippen LogP) is 1.78. The van der Waals surface area contributed by atoms with E-state index in [1.807, 2.05) is 31.3 Å². The number of aliphatic hydroxyl groups excluding tert-OH is 1. The van der Waals surface area contributed by atoms with Crippen LogP contribution in [-0.4, -0.2) is 12.2 Å². The molecule has 0 radical (unpaired) electrons. The Morgan fingerprint density at radius 2 is 2.00 bits per heavy atom. The van der Waals surface area contributed by atoms with E-state index < -0.39 is 6.10 Å². The highest BCUT2D eigenvalue weighted by Crippen LogP contribution is 2.20. The summed E-state index contributed by atoms with van der Waals surface area (Å²) in [6, 6.07) is 7.72. The Labute approximate surface area is 66.9 Å². The lowest BCUT2D eigenvalue weighted by molar-refractivity contribution is 0.200. The van der Waals surface area contributed by atoms with Crippen molar-refractivity contribution in [1.29, 1.82) is 0 Å². The van der Waals surface area contributed by atoms with E-state index in [4.69, 9.17) is 0 Å². The number of benzene rings is 1. The van der Waals surface area contributed by atoms with E-state index >= 15 is 0 Å². The minimum Gasteiger partial charge on any atom is -0.389 e. The van der Waals surface area contributed by atoms with Crippen LogP contribution in [0.25, 0.3) is 0 Å². The maximum Gasteiger partial charge on any atom is 0.0781 e. The Morgan fingerprint density at radius 1 is 1.36 bits per heavy atom. The highest BCUT2D eigenvalue weighted by Gasteiger charge is 2.03. The highest BCUT2D eigenvalue weighted by molar-refractivity contribution is 5.51. The van der Waals surface area contributed by atoms with Gasteiger partial charge in [0.05, 0.1) is 6.10 Å². The summed E-state index contributed by atoms with van der Waals surface area (Å²) in [5.41, 5.74) is 1.93. The average Bonchev–Trinajstić information content (AvgIpc) is 2.04. The largest absolute Gasteiger partial charge is 0.389 e. The molecule has 0 saturated heterocycles. The molecule has 1 aromatic rings. The van der Waals surface area contributed by atoms with Crippen LogP contribution >= 0.6 is 0 Å². The van der Waals surface area contributed by atoms with Gasteiger partial charge in [-0.1, -0.05) is 18.2 Å². The highest BCUT2D eigenvalue weighted by atomic mass is 16.3. The third kappa shape index (κ3) is 1.71. The molecule has 0 aliphatic rings. The van der Waals surface area contributed by atoms with E-state index in [0.717, 1.165) is 11.3 Å². The topological polar surface area (TPSA) is 32.3 Å². The van der Waals surface area contributed by atoms with Crippen molar-refractivity contribution in [3.8, 4) is 0 Å². The first-order valence-electron chi connectivity index (χ1n) is 3.70. The second-order valence-corrected chi connectivity index (χ2v) is 2.51. The fourth-order valence-electron chi connectivity index (χ4n) is 1.09. The van der Waals surface area contributed by atoms with Gasteiger partial charge in [0, 0.05) is 18.3 Å². The van der Waals surface area contributed by atoms with Crippen molar-refractivity contribution in [2.24, 2.45) is 0 Å². The number of hydrogen-bond donors (Lipinski definition) is 2. The smallest absolute Gasteiger partial charge is 0.0781 e. The van der Waals surface area contributed by atoms with E-state index in [1.54, 1.807) is 6.92 Å². The zero-order chi connectivity index (χ0) is 8.27. The minimum atomic E-state index is -0.404. The number of para-hydroxylation sites is 1. The quantitative estimate of drug-likeness (QED) is 0.675. The van der Waals surface area contributed by atoms with Crippen LogP contribution in [0.15, 0.2) is 24.3 Å². The van der Waals surface area contributed by atoms with Gasteiger partial charge in [-0.15, -0.1) is 0 Å². The van der Waals surface area contributed by atoms with Gasteiger partial charge >= 0.3 is 0 Å². The zero-order valence-corrected chi connectivity index (χ0v) is 6.83. The summed E-state index contributed by atoms with van der Waals surface area (Å²) in [7, 11) is 1.85. The van der Waals surface area contributed by atoms with Gasteiger partial charge in [0.2, 0.25) is 0 Å². The molecule has 60 valence electrons. The van der Waals surface area contributed by atoms with Crippen molar-refractivity contribution < 1.29 is 5.11 Å². The van der Waals surface area contributed by atoms with E-state index in [2.05, 4.69) is 5.32 Å². The SMILES string of the molecule is CNc1ccccc1[C@H](C)O. The number of anilines is 1. The fourth-order valence-corrected chi connectivity index (χ4v) is 1.09. The van der Waals surface area contributed by atoms with Crippen LogP contribution in [0.3, 0.4) is 0 Å². The first-order chi connectivity index (χ1) is 5.25. The molecule has 0 aromatic heterocycles. The van der Waals surface area contributed by atoms with Crippen LogP contribution in [0, 0.1) is 0 Å². The molecule has 0 amide bonds. The normalized spacial score (nSPS) is 12.6. The molecule has 0 heterocycles. The van der Waals surface area contributed by atoms with Crippen LogP contribution in [0.5, 0.6) is 0 Å².